The van der Waals surface area contributed by atoms with Crippen LogP contribution < -0.4 is 4.74 Å². The van der Waals surface area contributed by atoms with Gasteiger partial charge in [0.25, 0.3) is 0 Å². The summed E-state index contributed by atoms with van der Waals surface area (Å²) in [4.78, 5) is 2.48. The Morgan fingerprint density at radius 3 is 2.04 bits per heavy atom. The van der Waals surface area contributed by atoms with Crippen LogP contribution >= 0.6 is 0 Å². The van der Waals surface area contributed by atoms with Gasteiger partial charge < -0.3 is 9.84 Å². The van der Waals surface area contributed by atoms with E-state index in [9.17, 15) is 5.11 Å². The minimum atomic E-state index is 0.318. The number of allylic oxidation sites excluding steroid dienone is 1. The predicted molar refractivity (Wildman–Crippen MR) is 115 cm³/mol. The lowest BCUT2D eigenvalue weighted by molar-refractivity contribution is 0.238. The van der Waals surface area contributed by atoms with Crippen molar-refractivity contribution >= 4 is 5.57 Å². The number of rotatable bonds is 6. The van der Waals surface area contributed by atoms with Crippen LogP contribution in [0.1, 0.15) is 56.1 Å². The summed E-state index contributed by atoms with van der Waals surface area (Å²) in [6.45, 7) is 4.20. The summed E-state index contributed by atoms with van der Waals surface area (Å²) in [5, 5.41) is 9.68. The zero-order valence-electron chi connectivity index (χ0n) is 16.7. The zero-order chi connectivity index (χ0) is 19.2. The van der Waals surface area contributed by atoms with E-state index in [0.717, 1.165) is 18.9 Å². The Labute approximate surface area is 168 Å². The molecule has 148 valence electrons. The molecule has 2 aromatic rings. The largest absolute Gasteiger partial charge is 0.508 e. The molecule has 0 amide bonds. The van der Waals surface area contributed by atoms with Gasteiger partial charge in [0.05, 0.1) is 0 Å². The van der Waals surface area contributed by atoms with Gasteiger partial charge >= 0.3 is 0 Å². The van der Waals surface area contributed by atoms with Crippen molar-refractivity contribution in [1.82, 2.24) is 4.90 Å². The molecule has 1 aliphatic carbocycles. The Morgan fingerprint density at radius 2 is 1.39 bits per heavy atom. The van der Waals surface area contributed by atoms with Gasteiger partial charge in [-0.05, 0) is 92.6 Å². The second-order valence-electron chi connectivity index (χ2n) is 8.01. The Morgan fingerprint density at radius 1 is 0.786 bits per heavy atom. The number of hydrogen-bond donors (Lipinski definition) is 1. The second-order valence-corrected chi connectivity index (χ2v) is 8.01. The number of aromatic hydroxyl groups is 1. The molecule has 0 bridgehead atoms. The fraction of sp³-hybridized carbons (Fsp3) is 0.440. The summed E-state index contributed by atoms with van der Waals surface area (Å²) >= 11 is 0. The summed E-state index contributed by atoms with van der Waals surface area (Å²) in [7, 11) is 0. The lowest BCUT2D eigenvalue weighted by atomic mass is 9.85. The molecule has 0 spiro atoms. The molecule has 28 heavy (non-hydrogen) atoms. The van der Waals surface area contributed by atoms with E-state index in [1.165, 1.54) is 74.7 Å². The number of nitrogens with zero attached hydrogens (tertiary/aromatic N) is 1. The first kappa shape index (κ1) is 19.1. The van der Waals surface area contributed by atoms with E-state index in [1.54, 1.807) is 17.7 Å². The highest BCUT2D eigenvalue weighted by Gasteiger charge is 2.15. The first-order chi connectivity index (χ1) is 13.8. The van der Waals surface area contributed by atoms with Crippen LogP contribution in [0.25, 0.3) is 5.57 Å². The van der Waals surface area contributed by atoms with Crippen LogP contribution in [-0.2, 0) is 0 Å². The number of phenolic OH excluding ortho intramolecular Hbond substituents is 1. The third kappa shape index (κ3) is 4.77. The third-order valence-electron chi connectivity index (χ3n) is 5.98. The SMILES string of the molecule is Oc1ccc(C(=C2CCCCC2)c2ccc(OCCN3CCCC3)cc2)cc1. The standard InChI is InChI=1S/C25H31NO2/c27-23-12-8-21(9-13-23)25(20-6-2-1-3-7-20)22-10-14-24(15-11-22)28-19-18-26-16-4-5-17-26/h8-15,27H,1-7,16-19H2. The van der Waals surface area contributed by atoms with Crippen molar-refractivity contribution in [3.8, 4) is 11.5 Å². The molecular weight excluding hydrogens is 346 g/mol. The molecule has 3 nitrogen and oxygen atoms in total. The van der Waals surface area contributed by atoms with E-state index in [4.69, 9.17) is 4.74 Å². The molecule has 1 N–H and O–H groups in total. The van der Waals surface area contributed by atoms with Crippen LogP contribution in [0.5, 0.6) is 11.5 Å². The van der Waals surface area contributed by atoms with E-state index in [-0.39, 0.29) is 0 Å². The van der Waals surface area contributed by atoms with Crippen LogP contribution in [0, 0.1) is 0 Å². The van der Waals surface area contributed by atoms with Crippen LogP contribution in [-0.4, -0.2) is 36.2 Å². The molecule has 4 rings (SSSR count). The minimum absolute atomic E-state index is 0.318. The van der Waals surface area contributed by atoms with Crippen molar-refractivity contribution in [3.05, 3.63) is 65.2 Å². The second kappa shape index (κ2) is 9.29. The molecule has 2 fully saturated rings. The van der Waals surface area contributed by atoms with Crippen molar-refractivity contribution in [3.63, 3.8) is 0 Å². The molecule has 1 heterocycles. The zero-order valence-corrected chi connectivity index (χ0v) is 16.7. The summed E-state index contributed by atoms with van der Waals surface area (Å²) in [5.74, 6) is 1.26. The number of ether oxygens (including phenoxy) is 1. The molecule has 1 saturated carbocycles. The van der Waals surface area contributed by atoms with Crippen LogP contribution in [0.3, 0.4) is 0 Å². The van der Waals surface area contributed by atoms with E-state index in [0.29, 0.717) is 5.75 Å². The van der Waals surface area contributed by atoms with Gasteiger partial charge in [-0.2, -0.15) is 0 Å². The van der Waals surface area contributed by atoms with Gasteiger partial charge in [0.2, 0.25) is 0 Å². The number of benzene rings is 2. The maximum absolute atomic E-state index is 9.68. The van der Waals surface area contributed by atoms with Crippen LogP contribution in [0.2, 0.25) is 0 Å². The van der Waals surface area contributed by atoms with Gasteiger partial charge in [-0.25, -0.2) is 0 Å². The third-order valence-corrected chi connectivity index (χ3v) is 5.98. The highest BCUT2D eigenvalue weighted by molar-refractivity contribution is 5.82. The van der Waals surface area contributed by atoms with Crippen molar-refractivity contribution in [2.45, 2.75) is 44.9 Å². The van der Waals surface area contributed by atoms with Crippen molar-refractivity contribution < 1.29 is 9.84 Å². The van der Waals surface area contributed by atoms with E-state index in [2.05, 4.69) is 29.2 Å². The number of phenols is 1. The molecule has 0 radical (unpaired) electrons. The Bertz CT molecular complexity index is 778. The Kier molecular flexibility index (Phi) is 6.33. The lowest BCUT2D eigenvalue weighted by Crippen LogP contribution is -2.25. The van der Waals surface area contributed by atoms with Gasteiger partial charge in [-0.1, -0.05) is 36.3 Å². The van der Waals surface area contributed by atoms with Gasteiger partial charge in [0, 0.05) is 6.54 Å². The molecule has 0 aromatic heterocycles. The van der Waals surface area contributed by atoms with Gasteiger partial charge in [0.1, 0.15) is 18.1 Å². The molecule has 0 unspecified atom stereocenters. The van der Waals surface area contributed by atoms with E-state index < -0.39 is 0 Å². The summed E-state index contributed by atoms with van der Waals surface area (Å²) in [6.07, 6.45) is 8.86. The van der Waals surface area contributed by atoms with E-state index >= 15 is 0 Å². The Hall–Kier alpha value is -2.26. The molecular formula is C25H31NO2. The smallest absolute Gasteiger partial charge is 0.119 e. The summed E-state index contributed by atoms with van der Waals surface area (Å²) in [5.41, 5.74) is 5.31. The quantitative estimate of drug-likeness (QED) is 0.708. The lowest BCUT2D eigenvalue weighted by Gasteiger charge is -2.21. The summed E-state index contributed by atoms with van der Waals surface area (Å²) < 4.78 is 5.98. The monoisotopic (exact) mass is 377 g/mol. The van der Waals surface area contributed by atoms with Gasteiger partial charge in [-0.3, -0.25) is 4.90 Å². The first-order valence-corrected chi connectivity index (χ1v) is 10.8. The number of likely N-dealkylation sites (tertiary alicyclic amines) is 1. The molecule has 1 saturated heterocycles. The number of hydrogen-bond acceptors (Lipinski definition) is 3. The average molecular weight is 378 g/mol. The Balaban J connectivity index is 1.50. The maximum atomic E-state index is 9.68. The van der Waals surface area contributed by atoms with Gasteiger partial charge in [-0.15, -0.1) is 0 Å². The van der Waals surface area contributed by atoms with Gasteiger partial charge in [0.15, 0.2) is 0 Å². The van der Waals surface area contributed by atoms with E-state index in [1.807, 2.05) is 12.1 Å². The van der Waals surface area contributed by atoms with Crippen molar-refractivity contribution in [1.29, 1.82) is 0 Å². The minimum Gasteiger partial charge on any atom is -0.508 e. The van der Waals surface area contributed by atoms with Crippen LogP contribution in [0.4, 0.5) is 0 Å². The fourth-order valence-corrected chi connectivity index (χ4v) is 4.45. The maximum Gasteiger partial charge on any atom is 0.119 e. The highest BCUT2D eigenvalue weighted by atomic mass is 16.5. The molecule has 0 atom stereocenters. The fourth-order valence-electron chi connectivity index (χ4n) is 4.45. The van der Waals surface area contributed by atoms with Crippen LogP contribution in [0.15, 0.2) is 54.1 Å². The van der Waals surface area contributed by atoms with Crippen molar-refractivity contribution in [2.24, 2.45) is 0 Å². The predicted octanol–water partition coefficient (Wildman–Crippen LogP) is 5.63. The first-order valence-electron chi connectivity index (χ1n) is 10.8. The van der Waals surface area contributed by atoms with Crippen molar-refractivity contribution in [2.75, 3.05) is 26.2 Å². The topological polar surface area (TPSA) is 32.7 Å². The average Bonchev–Trinajstić information content (AvgIpc) is 3.25. The normalized spacial score (nSPS) is 17.6. The highest BCUT2D eigenvalue weighted by Crippen LogP contribution is 2.36. The molecule has 1 aliphatic heterocycles. The molecule has 2 aromatic carbocycles. The molecule has 2 aliphatic rings. The molecule has 3 heteroatoms. The summed E-state index contributed by atoms with van der Waals surface area (Å²) in [6, 6.07) is 16.2.